The van der Waals surface area contributed by atoms with Crippen LogP contribution in [0, 0.1) is 20.8 Å². The van der Waals surface area contributed by atoms with Gasteiger partial charge >= 0.3 is 5.97 Å². The first kappa shape index (κ1) is 17.2. The van der Waals surface area contributed by atoms with Crippen LogP contribution in [-0.2, 0) is 11.2 Å². The van der Waals surface area contributed by atoms with Gasteiger partial charge in [0.1, 0.15) is 16.3 Å². The molecule has 1 N–H and O–H groups in total. The molecule has 0 aliphatic carbocycles. The van der Waals surface area contributed by atoms with Gasteiger partial charge in [-0.3, -0.25) is 4.79 Å². The highest BCUT2D eigenvalue weighted by molar-refractivity contribution is 7.16. The molecule has 2 heterocycles. The van der Waals surface area contributed by atoms with Crippen molar-refractivity contribution in [2.75, 3.05) is 11.9 Å². The molecule has 0 bridgehead atoms. The summed E-state index contributed by atoms with van der Waals surface area (Å²) in [5.74, 6) is -0.295. The molecule has 23 heavy (non-hydrogen) atoms. The Balaban J connectivity index is 2.36. The van der Waals surface area contributed by atoms with Crippen molar-refractivity contribution >= 4 is 28.2 Å². The van der Waals surface area contributed by atoms with E-state index in [1.807, 2.05) is 20.8 Å². The van der Waals surface area contributed by atoms with Gasteiger partial charge in [-0.25, -0.2) is 4.79 Å². The standard InChI is InChI=1S/C16H20N2O4S/c1-6-11-13(9(4)22-18-11)14(19)17-15-12(16(20)21-7-2)8(3)10(5)23-15/h6-7H2,1-5H3,(H,17,19). The first-order valence-corrected chi connectivity index (χ1v) is 8.25. The fourth-order valence-corrected chi connectivity index (χ4v) is 3.32. The summed E-state index contributed by atoms with van der Waals surface area (Å²) in [6.45, 7) is 9.37. The molecule has 0 aliphatic rings. The molecule has 0 radical (unpaired) electrons. The average molecular weight is 336 g/mol. The van der Waals surface area contributed by atoms with Crippen molar-refractivity contribution in [2.24, 2.45) is 0 Å². The molecular formula is C16H20N2O4S. The van der Waals surface area contributed by atoms with Gasteiger partial charge in [0.2, 0.25) is 0 Å². The molecule has 2 rings (SSSR count). The molecule has 2 aromatic heterocycles. The number of ether oxygens (including phenoxy) is 1. The lowest BCUT2D eigenvalue weighted by atomic mass is 10.1. The number of aryl methyl sites for hydroxylation is 3. The van der Waals surface area contributed by atoms with E-state index in [-0.39, 0.29) is 12.5 Å². The topological polar surface area (TPSA) is 81.4 Å². The van der Waals surface area contributed by atoms with E-state index in [0.717, 1.165) is 10.4 Å². The number of carbonyl (C=O) groups is 2. The summed E-state index contributed by atoms with van der Waals surface area (Å²) in [6.07, 6.45) is 0.591. The molecule has 0 saturated carbocycles. The Kier molecular flexibility index (Phi) is 5.20. The second-order valence-electron chi connectivity index (χ2n) is 5.08. The number of thiophene rings is 1. The van der Waals surface area contributed by atoms with Crippen molar-refractivity contribution in [3.8, 4) is 0 Å². The molecule has 0 aliphatic heterocycles. The van der Waals surface area contributed by atoms with E-state index in [1.54, 1.807) is 13.8 Å². The second-order valence-corrected chi connectivity index (χ2v) is 6.30. The van der Waals surface area contributed by atoms with Crippen LogP contribution in [0.4, 0.5) is 5.00 Å². The number of hydrogen-bond donors (Lipinski definition) is 1. The zero-order valence-corrected chi connectivity index (χ0v) is 14.7. The summed E-state index contributed by atoms with van der Waals surface area (Å²) in [5.41, 5.74) is 2.25. The first-order valence-electron chi connectivity index (χ1n) is 7.44. The van der Waals surface area contributed by atoms with Crippen molar-refractivity contribution in [2.45, 2.75) is 41.0 Å². The largest absolute Gasteiger partial charge is 0.462 e. The van der Waals surface area contributed by atoms with E-state index in [4.69, 9.17) is 9.26 Å². The minimum Gasteiger partial charge on any atom is -0.462 e. The Morgan fingerprint density at radius 1 is 1.22 bits per heavy atom. The summed E-state index contributed by atoms with van der Waals surface area (Å²) in [5, 5.41) is 7.18. The zero-order chi connectivity index (χ0) is 17.1. The predicted molar refractivity (Wildman–Crippen MR) is 88.3 cm³/mol. The van der Waals surface area contributed by atoms with Crippen LogP contribution in [0.25, 0.3) is 0 Å². The highest BCUT2D eigenvalue weighted by atomic mass is 32.1. The fourth-order valence-electron chi connectivity index (χ4n) is 2.28. The van der Waals surface area contributed by atoms with Gasteiger partial charge in [0.25, 0.3) is 5.91 Å². The Morgan fingerprint density at radius 2 is 1.91 bits per heavy atom. The third kappa shape index (κ3) is 3.29. The summed E-state index contributed by atoms with van der Waals surface area (Å²) >= 11 is 1.36. The smallest absolute Gasteiger partial charge is 0.341 e. The number of amides is 1. The molecule has 6 nitrogen and oxygen atoms in total. The van der Waals surface area contributed by atoms with Crippen molar-refractivity contribution < 1.29 is 18.8 Å². The summed E-state index contributed by atoms with van der Waals surface area (Å²) in [7, 11) is 0. The van der Waals surface area contributed by atoms with E-state index in [0.29, 0.717) is 34.0 Å². The van der Waals surface area contributed by atoms with Crippen LogP contribution in [0.5, 0.6) is 0 Å². The van der Waals surface area contributed by atoms with Gasteiger partial charge < -0.3 is 14.6 Å². The molecule has 0 aromatic carbocycles. The van der Waals surface area contributed by atoms with Gasteiger partial charge in [0, 0.05) is 4.88 Å². The van der Waals surface area contributed by atoms with Crippen molar-refractivity contribution in [3.05, 3.63) is 33.0 Å². The third-order valence-corrected chi connectivity index (χ3v) is 4.71. The summed E-state index contributed by atoms with van der Waals surface area (Å²) < 4.78 is 10.2. The molecule has 0 saturated heterocycles. The number of nitrogens with zero attached hydrogens (tertiary/aromatic N) is 1. The number of carbonyl (C=O) groups excluding carboxylic acids is 2. The van der Waals surface area contributed by atoms with E-state index in [9.17, 15) is 9.59 Å². The molecule has 0 atom stereocenters. The molecule has 0 unspecified atom stereocenters. The van der Waals surface area contributed by atoms with E-state index < -0.39 is 5.97 Å². The quantitative estimate of drug-likeness (QED) is 0.843. The van der Waals surface area contributed by atoms with Crippen LogP contribution in [-0.4, -0.2) is 23.6 Å². The number of nitrogens with one attached hydrogen (secondary N) is 1. The van der Waals surface area contributed by atoms with Crippen LogP contribution in [0.15, 0.2) is 4.52 Å². The van der Waals surface area contributed by atoms with Crippen LogP contribution in [0.3, 0.4) is 0 Å². The molecule has 0 fully saturated rings. The maximum absolute atomic E-state index is 12.6. The summed E-state index contributed by atoms with van der Waals surface area (Å²) in [4.78, 5) is 25.7. The van der Waals surface area contributed by atoms with Crippen LogP contribution in [0.2, 0.25) is 0 Å². The first-order chi connectivity index (χ1) is 10.9. The van der Waals surface area contributed by atoms with Gasteiger partial charge in [-0.1, -0.05) is 12.1 Å². The van der Waals surface area contributed by atoms with Gasteiger partial charge in [-0.15, -0.1) is 11.3 Å². The zero-order valence-electron chi connectivity index (χ0n) is 13.9. The maximum Gasteiger partial charge on any atom is 0.341 e. The minimum absolute atomic E-state index is 0.283. The van der Waals surface area contributed by atoms with Crippen molar-refractivity contribution in [1.82, 2.24) is 5.16 Å². The minimum atomic E-state index is -0.428. The van der Waals surface area contributed by atoms with E-state index in [2.05, 4.69) is 10.5 Å². The van der Waals surface area contributed by atoms with Gasteiger partial charge in [-0.2, -0.15) is 0 Å². The van der Waals surface area contributed by atoms with Crippen LogP contribution in [0.1, 0.15) is 56.5 Å². The molecule has 7 heteroatoms. The Hall–Kier alpha value is -2.15. The number of aromatic nitrogens is 1. The van der Waals surface area contributed by atoms with Crippen molar-refractivity contribution in [3.63, 3.8) is 0 Å². The third-order valence-electron chi connectivity index (χ3n) is 3.59. The number of anilines is 1. The monoisotopic (exact) mass is 336 g/mol. The normalized spacial score (nSPS) is 10.7. The lowest BCUT2D eigenvalue weighted by molar-refractivity contribution is 0.0527. The Bertz CT molecular complexity index is 746. The number of hydrogen-bond acceptors (Lipinski definition) is 6. The Labute approximate surface area is 138 Å². The average Bonchev–Trinajstić information content (AvgIpc) is 3.00. The second kappa shape index (κ2) is 6.95. The maximum atomic E-state index is 12.6. The van der Waals surface area contributed by atoms with E-state index in [1.165, 1.54) is 11.3 Å². The lowest BCUT2D eigenvalue weighted by Gasteiger charge is -2.07. The predicted octanol–water partition coefficient (Wildman–Crippen LogP) is 3.65. The fraction of sp³-hybridized carbons (Fsp3) is 0.438. The number of esters is 1. The highest BCUT2D eigenvalue weighted by Gasteiger charge is 2.25. The molecule has 0 spiro atoms. The number of rotatable bonds is 5. The van der Waals surface area contributed by atoms with Crippen molar-refractivity contribution in [1.29, 1.82) is 0 Å². The van der Waals surface area contributed by atoms with Crippen LogP contribution < -0.4 is 5.32 Å². The molecular weight excluding hydrogens is 316 g/mol. The van der Waals surface area contributed by atoms with Gasteiger partial charge in [-0.05, 0) is 39.7 Å². The molecule has 124 valence electrons. The molecule has 2 aromatic rings. The summed E-state index contributed by atoms with van der Waals surface area (Å²) in [6, 6.07) is 0. The van der Waals surface area contributed by atoms with Gasteiger partial charge in [0.05, 0.1) is 17.9 Å². The van der Waals surface area contributed by atoms with E-state index >= 15 is 0 Å². The molecule has 1 amide bonds. The lowest BCUT2D eigenvalue weighted by Crippen LogP contribution is -2.16. The Morgan fingerprint density at radius 3 is 2.52 bits per heavy atom. The highest BCUT2D eigenvalue weighted by Crippen LogP contribution is 2.33. The SMILES string of the molecule is CCOC(=O)c1c(NC(=O)c2c(CC)noc2C)sc(C)c1C. The van der Waals surface area contributed by atoms with Crippen LogP contribution >= 0.6 is 11.3 Å². The van der Waals surface area contributed by atoms with Gasteiger partial charge in [0.15, 0.2) is 0 Å².